The molecule has 0 amide bonds. The summed E-state index contributed by atoms with van der Waals surface area (Å²) in [6.07, 6.45) is 0.936. The third-order valence-corrected chi connectivity index (χ3v) is 12.6. The molecule has 250 valence electrons. The lowest BCUT2D eigenvalue weighted by Gasteiger charge is -2.42. The highest BCUT2D eigenvalue weighted by molar-refractivity contribution is 7.74. The van der Waals surface area contributed by atoms with Crippen molar-refractivity contribution in [2.75, 3.05) is 79.3 Å². The fourth-order valence-electron chi connectivity index (χ4n) is 4.17. The molecule has 0 saturated carbocycles. The highest BCUT2D eigenvalue weighted by Crippen LogP contribution is 2.67. The molecule has 0 aliphatic carbocycles. The lowest BCUT2D eigenvalue weighted by Crippen LogP contribution is -2.34. The molecule has 45 heavy (non-hydrogen) atoms. The van der Waals surface area contributed by atoms with Crippen molar-refractivity contribution in [3.05, 3.63) is 11.6 Å². The number of nitrogens with one attached hydrogen (secondary N) is 1. The van der Waals surface area contributed by atoms with Gasteiger partial charge < -0.3 is 51.7 Å². The number of ether oxygens (including phenoxy) is 9. The second-order valence-corrected chi connectivity index (χ2v) is 16.1. The van der Waals surface area contributed by atoms with Crippen LogP contribution in [0.25, 0.3) is 0 Å². The van der Waals surface area contributed by atoms with E-state index in [9.17, 15) is 0 Å². The first-order valence-corrected chi connectivity index (χ1v) is 18.6. The summed E-state index contributed by atoms with van der Waals surface area (Å²) in [6, 6.07) is 1.87. The van der Waals surface area contributed by atoms with Crippen molar-refractivity contribution < 1.29 is 61.4 Å². The molecule has 7 aliphatic heterocycles. The van der Waals surface area contributed by atoms with Crippen LogP contribution in [0.15, 0.2) is 6.07 Å². The van der Waals surface area contributed by atoms with Crippen LogP contribution in [0.5, 0.6) is 23.0 Å². The molecule has 9 unspecified atom stereocenters. The maximum atomic E-state index is 6.82. The van der Waals surface area contributed by atoms with Gasteiger partial charge in [0.05, 0.1) is 68.3 Å². The van der Waals surface area contributed by atoms with Crippen molar-refractivity contribution in [2.45, 2.75) is 50.0 Å². The first-order chi connectivity index (χ1) is 22.2. The Balaban J connectivity index is 1.08. The van der Waals surface area contributed by atoms with Crippen LogP contribution in [0.2, 0.25) is 0 Å². The second-order valence-electron chi connectivity index (χ2n) is 11.3. The third-order valence-electron chi connectivity index (χ3n) is 7.30. The Kier molecular flexibility index (Phi) is 10.1. The van der Waals surface area contributed by atoms with E-state index >= 15 is 0 Å². The van der Waals surface area contributed by atoms with E-state index in [1.54, 1.807) is 9.21 Å². The zero-order valence-corrected chi connectivity index (χ0v) is 27.6. The van der Waals surface area contributed by atoms with Crippen molar-refractivity contribution in [1.29, 1.82) is 0 Å². The molecule has 9 atom stereocenters. The normalized spacial score (nSPS) is 35.2. The van der Waals surface area contributed by atoms with Crippen molar-refractivity contribution >= 4 is 25.8 Å². The predicted octanol–water partition coefficient (Wildman–Crippen LogP) is 2.21. The molecular weight excluding hydrogens is 655 g/mol. The SMILES string of the molecule is CCc1c(OP2NPN(OCC3CO3)P(OCC3CO3)N2OCC2CO2)cc(OCC2CO2)c(OCC2CO2)c1OCC1CO1. The van der Waals surface area contributed by atoms with Crippen molar-refractivity contribution in [1.82, 2.24) is 14.1 Å². The molecule has 7 aliphatic rings. The summed E-state index contributed by atoms with van der Waals surface area (Å²) in [7, 11) is -3.07. The Bertz CT molecular complexity index is 1170. The minimum atomic E-state index is -1.58. The molecule has 0 radical (unpaired) electrons. The molecule has 19 heteroatoms. The van der Waals surface area contributed by atoms with Gasteiger partial charge in [-0.05, 0) is 6.42 Å². The predicted molar refractivity (Wildman–Crippen MR) is 158 cm³/mol. The first-order valence-electron chi connectivity index (χ1n) is 15.3. The van der Waals surface area contributed by atoms with E-state index in [0.717, 1.165) is 5.56 Å². The highest BCUT2D eigenvalue weighted by Gasteiger charge is 2.46. The summed E-state index contributed by atoms with van der Waals surface area (Å²) in [6.45, 7) is 8.45. The lowest BCUT2D eigenvalue weighted by molar-refractivity contribution is -0.0736. The van der Waals surface area contributed by atoms with Gasteiger partial charge in [-0.1, -0.05) is 16.1 Å². The summed E-state index contributed by atoms with van der Waals surface area (Å²) in [5, 5.41) is 0. The highest BCUT2D eigenvalue weighted by atomic mass is 31.3. The Morgan fingerprint density at radius 1 is 0.711 bits per heavy atom. The van der Waals surface area contributed by atoms with E-state index in [1.165, 1.54) is 0 Å². The van der Waals surface area contributed by atoms with Gasteiger partial charge in [0.2, 0.25) is 5.75 Å². The van der Waals surface area contributed by atoms with Crippen LogP contribution in [-0.2, 0) is 49.0 Å². The average molecular weight is 694 g/mol. The molecule has 1 aromatic carbocycles. The Morgan fingerprint density at radius 2 is 1.24 bits per heavy atom. The molecule has 7 fully saturated rings. The topological polar surface area (TPSA) is 158 Å². The molecule has 8 rings (SSSR count). The Morgan fingerprint density at radius 3 is 1.84 bits per heavy atom. The molecular formula is C26H38N3O13P3. The molecule has 7 saturated heterocycles. The number of benzene rings is 1. The van der Waals surface area contributed by atoms with E-state index in [0.29, 0.717) is 109 Å². The number of rotatable bonds is 21. The van der Waals surface area contributed by atoms with Gasteiger partial charge in [-0.15, -0.1) is 0 Å². The molecule has 1 aromatic rings. The van der Waals surface area contributed by atoms with Crippen molar-refractivity contribution in [3.63, 3.8) is 0 Å². The van der Waals surface area contributed by atoms with Gasteiger partial charge in [0.15, 0.2) is 11.5 Å². The van der Waals surface area contributed by atoms with Crippen molar-refractivity contribution in [2.24, 2.45) is 0 Å². The molecule has 0 spiro atoms. The molecule has 0 bridgehead atoms. The zero-order valence-electron chi connectivity index (χ0n) is 24.8. The average Bonchev–Trinajstić information content (AvgIpc) is 3.82. The van der Waals surface area contributed by atoms with E-state index in [1.807, 2.05) is 6.07 Å². The van der Waals surface area contributed by atoms with Gasteiger partial charge in [-0.3, -0.25) is 9.68 Å². The monoisotopic (exact) mass is 693 g/mol. The quantitative estimate of drug-likeness (QED) is 0.147. The third kappa shape index (κ3) is 9.03. The van der Waals surface area contributed by atoms with Gasteiger partial charge >= 0.3 is 0 Å². The fourth-order valence-corrected chi connectivity index (χ4v) is 9.91. The summed E-state index contributed by atoms with van der Waals surface area (Å²) < 4.78 is 68.2. The standard InChI is InChI=1S/C26H38N3O13P3/c1-2-22-23(3-24(36-10-16-4-30-16)26(38-12-18-6-32-18)25(22)37-11-17-5-31-17)42-44-27-43-28(39-13-19-7-33-19)45(41-15-21-9-35-21)29(44)40-14-20-8-34-20/h3,16-21,27,43H,2,4-15H2,1H3. The Labute approximate surface area is 265 Å². The summed E-state index contributed by atoms with van der Waals surface area (Å²) in [5.74, 6) is 2.20. The second kappa shape index (κ2) is 14.4. The maximum Gasteiger partial charge on any atom is 0.282 e. The molecule has 1 N–H and O–H groups in total. The van der Waals surface area contributed by atoms with Gasteiger partial charge in [0.1, 0.15) is 62.2 Å². The Hall–Kier alpha value is -0.770. The van der Waals surface area contributed by atoms with Crippen LogP contribution in [0.4, 0.5) is 0 Å². The number of epoxide rings is 6. The van der Waals surface area contributed by atoms with E-state index in [4.69, 9.17) is 61.4 Å². The summed E-state index contributed by atoms with van der Waals surface area (Å²) in [5.41, 5.74) is 0.844. The van der Waals surface area contributed by atoms with Crippen LogP contribution in [0.3, 0.4) is 0 Å². The largest absolute Gasteiger partial charge is 0.487 e. The maximum absolute atomic E-state index is 6.82. The van der Waals surface area contributed by atoms with Gasteiger partial charge in [-0.2, -0.15) is 0 Å². The minimum absolute atomic E-state index is 0.0245. The van der Waals surface area contributed by atoms with E-state index < -0.39 is 16.9 Å². The molecule has 7 heterocycles. The molecule has 16 nitrogen and oxygen atoms in total. The molecule has 0 aromatic heterocycles. The zero-order chi connectivity index (χ0) is 30.2. The first kappa shape index (κ1) is 31.5. The van der Waals surface area contributed by atoms with Crippen molar-refractivity contribution in [3.8, 4) is 23.0 Å². The van der Waals surface area contributed by atoms with Crippen LogP contribution in [-0.4, -0.2) is 125 Å². The number of hydrogen-bond donors (Lipinski definition) is 1. The summed E-state index contributed by atoms with van der Waals surface area (Å²) in [4.78, 5) is 16.0. The number of hydrogen-bond acceptors (Lipinski definition) is 16. The fraction of sp³-hybridized carbons (Fsp3) is 0.769. The van der Waals surface area contributed by atoms with Gasteiger partial charge in [0, 0.05) is 11.6 Å². The lowest BCUT2D eigenvalue weighted by atomic mass is 10.1. The van der Waals surface area contributed by atoms with Crippen LogP contribution < -0.4 is 23.6 Å². The minimum Gasteiger partial charge on any atom is -0.487 e. The van der Waals surface area contributed by atoms with E-state index in [-0.39, 0.29) is 45.5 Å². The van der Waals surface area contributed by atoms with E-state index in [2.05, 4.69) is 11.8 Å². The van der Waals surface area contributed by atoms with Gasteiger partial charge in [0.25, 0.3) is 16.9 Å². The summed E-state index contributed by atoms with van der Waals surface area (Å²) >= 11 is 0. The van der Waals surface area contributed by atoms with Crippen LogP contribution >= 0.6 is 25.8 Å². The van der Waals surface area contributed by atoms with Gasteiger partial charge in [-0.25, -0.2) is 4.86 Å². The van der Waals surface area contributed by atoms with Crippen LogP contribution in [0, 0.1) is 0 Å². The van der Waals surface area contributed by atoms with Crippen LogP contribution in [0.1, 0.15) is 12.5 Å². The number of nitrogens with zero attached hydrogens (tertiary/aromatic N) is 2. The smallest absolute Gasteiger partial charge is 0.282 e.